The Morgan fingerprint density at radius 1 is 1.00 bits per heavy atom. The first kappa shape index (κ1) is 27.2. The molecule has 0 bridgehead atoms. The highest BCUT2D eigenvalue weighted by Crippen LogP contribution is 2.29. The molecular weight excluding hydrogens is 435 g/mol. The highest BCUT2D eigenvalue weighted by atomic mass is 19.1. The number of carbonyl (C=O) groups excluding carboxylic acids is 2. The fourth-order valence-electron chi connectivity index (χ4n) is 3.50. The van der Waals surface area contributed by atoms with Crippen LogP contribution in [0.15, 0.2) is 42.5 Å². The second-order valence-corrected chi connectivity index (χ2v) is 8.25. The van der Waals surface area contributed by atoms with Gasteiger partial charge in [-0.3, -0.25) is 9.59 Å². The molecule has 0 spiro atoms. The van der Waals surface area contributed by atoms with Gasteiger partial charge in [0.25, 0.3) is 0 Å². The van der Waals surface area contributed by atoms with Gasteiger partial charge in [0.1, 0.15) is 11.9 Å². The van der Waals surface area contributed by atoms with Crippen LogP contribution in [-0.2, 0) is 22.6 Å². The lowest BCUT2D eigenvalue weighted by molar-refractivity contribution is -0.140. The number of nitrogens with one attached hydrogen (secondary N) is 1. The molecule has 2 rings (SSSR count). The molecule has 0 aliphatic rings. The van der Waals surface area contributed by atoms with Crippen molar-refractivity contribution in [1.29, 1.82) is 0 Å². The van der Waals surface area contributed by atoms with Crippen molar-refractivity contribution in [3.63, 3.8) is 0 Å². The maximum Gasteiger partial charge on any atom is 0.242 e. The van der Waals surface area contributed by atoms with Gasteiger partial charge in [-0.05, 0) is 64.3 Å². The molecule has 7 heteroatoms. The Kier molecular flexibility index (Phi) is 10.8. The third-order valence-corrected chi connectivity index (χ3v) is 5.70. The minimum Gasteiger partial charge on any atom is -0.490 e. The standard InChI is InChI=1S/C27H37FN2O4/c1-6-19(4)29-27(32)20(5)30(18-22-11-9-10-12-23(22)28)26(31)16-14-21-13-15-24(33-7-2)25(17-21)34-8-3/h9-13,15,17,19-20H,6-8,14,16,18H2,1-5H3,(H,29,32). The summed E-state index contributed by atoms with van der Waals surface area (Å²) in [6.07, 6.45) is 1.41. The SMILES string of the molecule is CCOc1ccc(CCC(=O)N(Cc2ccccc2F)C(C)C(=O)NC(C)CC)cc1OCC. The second-order valence-electron chi connectivity index (χ2n) is 8.25. The molecule has 2 unspecified atom stereocenters. The van der Waals surface area contributed by atoms with E-state index < -0.39 is 11.9 Å². The monoisotopic (exact) mass is 472 g/mol. The van der Waals surface area contributed by atoms with E-state index in [-0.39, 0.29) is 30.8 Å². The first-order valence-electron chi connectivity index (χ1n) is 12.0. The fourth-order valence-corrected chi connectivity index (χ4v) is 3.50. The number of hydrogen-bond acceptors (Lipinski definition) is 4. The van der Waals surface area contributed by atoms with Crippen LogP contribution in [0.5, 0.6) is 11.5 Å². The van der Waals surface area contributed by atoms with Gasteiger partial charge in [0.05, 0.1) is 13.2 Å². The Bertz CT molecular complexity index is 950. The second kappa shape index (κ2) is 13.6. The van der Waals surface area contributed by atoms with Crippen molar-refractivity contribution in [3.8, 4) is 11.5 Å². The summed E-state index contributed by atoms with van der Waals surface area (Å²) in [6.45, 7) is 10.4. The molecule has 0 aromatic heterocycles. The van der Waals surface area contributed by atoms with Crippen LogP contribution in [0.2, 0.25) is 0 Å². The first-order chi connectivity index (χ1) is 16.3. The van der Waals surface area contributed by atoms with Crippen LogP contribution < -0.4 is 14.8 Å². The minimum atomic E-state index is -0.736. The van der Waals surface area contributed by atoms with Gasteiger partial charge < -0.3 is 19.7 Å². The Balaban J connectivity index is 2.19. The molecule has 2 aromatic carbocycles. The van der Waals surface area contributed by atoms with E-state index >= 15 is 0 Å². The molecule has 0 aliphatic heterocycles. The molecule has 0 heterocycles. The molecule has 0 aliphatic carbocycles. The Labute approximate surface area is 202 Å². The van der Waals surface area contributed by atoms with Gasteiger partial charge in [-0.2, -0.15) is 0 Å². The largest absolute Gasteiger partial charge is 0.490 e. The van der Waals surface area contributed by atoms with Crippen molar-refractivity contribution in [2.45, 2.75) is 72.5 Å². The number of benzene rings is 2. The maximum absolute atomic E-state index is 14.3. The summed E-state index contributed by atoms with van der Waals surface area (Å²) in [6, 6.07) is 11.2. The topological polar surface area (TPSA) is 67.9 Å². The molecular formula is C27H37FN2O4. The summed E-state index contributed by atoms with van der Waals surface area (Å²) in [5.41, 5.74) is 1.29. The van der Waals surface area contributed by atoms with Gasteiger partial charge in [0, 0.05) is 24.6 Å². The van der Waals surface area contributed by atoms with E-state index in [0.717, 1.165) is 12.0 Å². The smallest absolute Gasteiger partial charge is 0.242 e. The Morgan fingerprint density at radius 3 is 2.32 bits per heavy atom. The van der Waals surface area contributed by atoms with Crippen molar-refractivity contribution >= 4 is 11.8 Å². The van der Waals surface area contributed by atoms with Gasteiger partial charge in [-0.15, -0.1) is 0 Å². The van der Waals surface area contributed by atoms with E-state index in [1.54, 1.807) is 25.1 Å². The molecule has 0 radical (unpaired) electrons. The molecule has 0 fully saturated rings. The number of carbonyl (C=O) groups is 2. The van der Waals surface area contributed by atoms with Crippen LogP contribution in [0.4, 0.5) is 4.39 Å². The van der Waals surface area contributed by atoms with Gasteiger partial charge in [0.2, 0.25) is 11.8 Å². The van der Waals surface area contributed by atoms with Gasteiger partial charge in [0.15, 0.2) is 11.5 Å². The predicted octanol–water partition coefficient (Wildman–Crippen LogP) is 4.89. The predicted molar refractivity (Wildman–Crippen MR) is 131 cm³/mol. The summed E-state index contributed by atoms with van der Waals surface area (Å²) in [7, 11) is 0. The van der Waals surface area contributed by atoms with E-state index in [1.165, 1.54) is 11.0 Å². The third-order valence-electron chi connectivity index (χ3n) is 5.70. The van der Waals surface area contributed by atoms with E-state index in [0.29, 0.717) is 36.7 Å². The summed E-state index contributed by atoms with van der Waals surface area (Å²) >= 11 is 0. The average Bonchev–Trinajstić information content (AvgIpc) is 2.83. The van der Waals surface area contributed by atoms with Gasteiger partial charge in [-0.1, -0.05) is 31.2 Å². The lowest BCUT2D eigenvalue weighted by Crippen LogP contribution is -2.49. The zero-order valence-corrected chi connectivity index (χ0v) is 20.9. The van der Waals surface area contributed by atoms with Crippen LogP contribution >= 0.6 is 0 Å². The van der Waals surface area contributed by atoms with Crippen molar-refractivity contribution in [2.75, 3.05) is 13.2 Å². The van der Waals surface area contributed by atoms with Crippen molar-refractivity contribution in [1.82, 2.24) is 10.2 Å². The molecule has 186 valence electrons. The van der Waals surface area contributed by atoms with E-state index in [9.17, 15) is 14.0 Å². The van der Waals surface area contributed by atoms with Crippen LogP contribution in [0, 0.1) is 5.82 Å². The van der Waals surface area contributed by atoms with Crippen molar-refractivity contribution in [3.05, 3.63) is 59.4 Å². The third kappa shape index (κ3) is 7.75. The Hall–Kier alpha value is -3.09. The summed E-state index contributed by atoms with van der Waals surface area (Å²) < 4.78 is 25.6. The number of hydrogen-bond donors (Lipinski definition) is 1. The first-order valence-corrected chi connectivity index (χ1v) is 12.0. The zero-order valence-electron chi connectivity index (χ0n) is 20.9. The summed E-state index contributed by atoms with van der Waals surface area (Å²) in [4.78, 5) is 27.5. The average molecular weight is 473 g/mol. The molecule has 34 heavy (non-hydrogen) atoms. The van der Waals surface area contributed by atoms with Crippen LogP contribution in [0.3, 0.4) is 0 Å². The van der Waals surface area contributed by atoms with Crippen LogP contribution in [-0.4, -0.2) is 42.0 Å². The quantitative estimate of drug-likeness (QED) is 0.451. The molecule has 2 atom stereocenters. The number of amides is 2. The number of nitrogens with zero attached hydrogens (tertiary/aromatic N) is 1. The highest BCUT2D eigenvalue weighted by Gasteiger charge is 2.27. The molecule has 6 nitrogen and oxygen atoms in total. The van der Waals surface area contributed by atoms with Gasteiger partial charge >= 0.3 is 0 Å². The number of aryl methyl sites for hydroxylation is 1. The summed E-state index contributed by atoms with van der Waals surface area (Å²) in [5, 5.41) is 2.92. The van der Waals surface area contributed by atoms with E-state index in [2.05, 4.69) is 5.32 Å². The number of ether oxygens (including phenoxy) is 2. The number of halogens is 1. The molecule has 0 saturated carbocycles. The normalized spacial score (nSPS) is 12.5. The van der Waals surface area contributed by atoms with Crippen LogP contribution in [0.25, 0.3) is 0 Å². The van der Waals surface area contributed by atoms with E-state index in [4.69, 9.17) is 9.47 Å². The van der Waals surface area contributed by atoms with Crippen molar-refractivity contribution in [2.24, 2.45) is 0 Å². The van der Waals surface area contributed by atoms with Crippen LogP contribution in [0.1, 0.15) is 58.6 Å². The minimum absolute atomic E-state index is 0.0128. The molecule has 0 saturated heterocycles. The molecule has 1 N–H and O–H groups in total. The Morgan fingerprint density at radius 2 is 1.68 bits per heavy atom. The number of rotatable bonds is 13. The zero-order chi connectivity index (χ0) is 25.1. The molecule has 2 aromatic rings. The fraction of sp³-hybridized carbons (Fsp3) is 0.481. The lowest BCUT2D eigenvalue weighted by Gasteiger charge is -2.30. The lowest BCUT2D eigenvalue weighted by atomic mass is 10.1. The van der Waals surface area contributed by atoms with Gasteiger partial charge in [-0.25, -0.2) is 4.39 Å². The summed E-state index contributed by atoms with van der Waals surface area (Å²) in [5.74, 6) is 0.429. The molecule has 2 amide bonds. The highest BCUT2D eigenvalue weighted by molar-refractivity contribution is 5.87. The maximum atomic E-state index is 14.3. The van der Waals surface area contributed by atoms with E-state index in [1.807, 2.05) is 45.9 Å². The van der Waals surface area contributed by atoms with Crippen molar-refractivity contribution < 1.29 is 23.5 Å².